The van der Waals surface area contributed by atoms with Crippen molar-refractivity contribution in [2.45, 2.75) is 29.1 Å². The number of sulfonamides is 1. The Morgan fingerprint density at radius 2 is 1.93 bits per heavy atom. The molecule has 1 unspecified atom stereocenters. The molecule has 0 aliphatic carbocycles. The molecule has 0 aliphatic heterocycles. The molecule has 0 bridgehead atoms. The van der Waals surface area contributed by atoms with Gasteiger partial charge in [-0.1, -0.05) is 29.4 Å². The molecule has 1 atom stereocenters. The van der Waals surface area contributed by atoms with Gasteiger partial charge in [0.2, 0.25) is 15.9 Å². The fourth-order valence-corrected chi connectivity index (χ4v) is 4.16. The number of nitrogens with one attached hydrogen (secondary N) is 1. The van der Waals surface area contributed by atoms with Crippen LogP contribution in [0.25, 0.3) is 5.69 Å². The highest BCUT2D eigenvalue weighted by Crippen LogP contribution is 2.29. The number of hydrogen-bond acceptors (Lipinski definition) is 5. The van der Waals surface area contributed by atoms with Crippen molar-refractivity contribution in [3.8, 4) is 5.69 Å². The number of anilines is 1. The number of carbonyl (C=O) groups excluding carboxylic acids is 1. The number of thioether (sulfide) groups is 1. The van der Waals surface area contributed by atoms with Gasteiger partial charge in [-0.3, -0.25) is 9.36 Å². The number of amides is 1. The highest BCUT2D eigenvalue weighted by molar-refractivity contribution is 8.00. The third-order valence-corrected chi connectivity index (χ3v) is 6.63. The number of primary sulfonamides is 1. The molecule has 7 nitrogen and oxygen atoms in total. The van der Waals surface area contributed by atoms with Crippen LogP contribution in [0.2, 0.25) is 5.02 Å². The Hall–Kier alpha value is -2.33. The lowest BCUT2D eigenvalue weighted by Gasteiger charge is -2.15. The van der Waals surface area contributed by atoms with Crippen molar-refractivity contribution in [2.75, 3.05) is 5.32 Å². The molecule has 0 saturated heterocycles. The van der Waals surface area contributed by atoms with E-state index in [4.69, 9.17) is 16.7 Å². The second kappa shape index (κ2) is 8.58. The van der Waals surface area contributed by atoms with Crippen molar-refractivity contribution < 1.29 is 13.2 Å². The highest BCUT2D eigenvalue weighted by Gasteiger charge is 2.19. The van der Waals surface area contributed by atoms with Gasteiger partial charge < -0.3 is 5.32 Å². The van der Waals surface area contributed by atoms with Crippen LogP contribution in [-0.2, 0) is 14.8 Å². The zero-order valence-electron chi connectivity index (χ0n) is 15.7. The maximum atomic E-state index is 12.6. The Morgan fingerprint density at radius 3 is 2.59 bits per heavy atom. The minimum Gasteiger partial charge on any atom is -0.325 e. The minimum absolute atomic E-state index is 0.0168. The summed E-state index contributed by atoms with van der Waals surface area (Å²) in [4.78, 5) is 16.9. The van der Waals surface area contributed by atoms with Crippen LogP contribution in [0.1, 0.15) is 12.5 Å². The second-order valence-electron chi connectivity index (χ2n) is 6.28. The predicted octanol–water partition coefficient (Wildman–Crippen LogP) is 3.60. The molecule has 10 heteroatoms. The quantitative estimate of drug-likeness (QED) is 0.558. The first-order valence-corrected chi connectivity index (χ1v) is 11.4. The van der Waals surface area contributed by atoms with Crippen LogP contribution >= 0.6 is 23.4 Å². The van der Waals surface area contributed by atoms with E-state index in [2.05, 4.69) is 10.3 Å². The Bertz CT molecular complexity index is 1140. The van der Waals surface area contributed by atoms with E-state index in [0.29, 0.717) is 15.9 Å². The minimum atomic E-state index is -3.77. The molecule has 152 valence electrons. The van der Waals surface area contributed by atoms with Crippen LogP contribution in [-0.4, -0.2) is 29.1 Å². The summed E-state index contributed by atoms with van der Waals surface area (Å²) in [6.07, 6.45) is 3.48. The van der Waals surface area contributed by atoms with Crippen LogP contribution in [0.4, 0.5) is 5.69 Å². The maximum Gasteiger partial charge on any atom is 0.238 e. The predicted molar refractivity (Wildman–Crippen MR) is 115 cm³/mol. The lowest BCUT2D eigenvalue weighted by atomic mass is 10.2. The lowest BCUT2D eigenvalue weighted by molar-refractivity contribution is -0.115. The molecule has 0 fully saturated rings. The summed E-state index contributed by atoms with van der Waals surface area (Å²) in [7, 11) is -3.77. The van der Waals surface area contributed by atoms with Gasteiger partial charge in [-0.25, -0.2) is 18.5 Å². The summed E-state index contributed by atoms with van der Waals surface area (Å²) >= 11 is 7.52. The van der Waals surface area contributed by atoms with E-state index in [1.807, 2.05) is 35.9 Å². The van der Waals surface area contributed by atoms with Gasteiger partial charge in [0.05, 0.1) is 15.8 Å². The second-order valence-corrected chi connectivity index (χ2v) is 9.56. The fraction of sp³-hybridized carbons (Fsp3) is 0.158. The Labute approximate surface area is 178 Å². The summed E-state index contributed by atoms with van der Waals surface area (Å²) in [5, 5.41) is 8.70. The molecular weight excluding hydrogens is 432 g/mol. The van der Waals surface area contributed by atoms with Gasteiger partial charge >= 0.3 is 0 Å². The normalized spacial score (nSPS) is 12.6. The number of rotatable bonds is 6. The molecule has 0 radical (unpaired) electrons. The van der Waals surface area contributed by atoms with E-state index in [1.54, 1.807) is 13.1 Å². The van der Waals surface area contributed by atoms with E-state index < -0.39 is 15.3 Å². The lowest BCUT2D eigenvalue weighted by Crippen LogP contribution is -2.23. The van der Waals surface area contributed by atoms with Crippen LogP contribution < -0.4 is 10.5 Å². The molecule has 3 aromatic rings. The van der Waals surface area contributed by atoms with Crippen LogP contribution in [0.5, 0.6) is 0 Å². The summed E-state index contributed by atoms with van der Waals surface area (Å²) in [5.74, 6) is -0.240. The Morgan fingerprint density at radius 1 is 1.24 bits per heavy atom. The number of nitrogens with zero attached hydrogens (tertiary/aromatic N) is 2. The number of carbonyl (C=O) groups is 1. The van der Waals surface area contributed by atoms with Crippen molar-refractivity contribution in [3.05, 3.63) is 65.4 Å². The summed E-state index contributed by atoms with van der Waals surface area (Å²) in [6, 6.07) is 11.3. The number of hydrogen-bond donors (Lipinski definition) is 2. The Balaban J connectivity index is 1.73. The van der Waals surface area contributed by atoms with Gasteiger partial charge in [0.1, 0.15) is 0 Å². The first kappa shape index (κ1) is 21.4. The average molecular weight is 451 g/mol. The number of imidazole rings is 1. The third-order valence-electron chi connectivity index (χ3n) is 4.21. The van der Waals surface area contributed by atoms with Gasteiger partial charge in [-0.2, -0.15) is 0 Å². The molecule has 0 aliphatic rings. The SMILES string of the molecule is Cc1c(Cl)cccc1-n1ccnc1SC(C)C(=O)Nc1ccc(S(N)(=O)=O)cc1. The first-order valence-electron chi connectivity index (χ1n) is 8.56. The van der Waals surface area contributed by atoms with Crippen molar-refractivity contribution >= 4 is 45.0 Å². The van der Waals surface area contributed by atoms with Crippen LogP contribution in [0, 0.1) is 6.92 Å². The van der Waals surface area contributed by atoms with E-state index in [1.165, 1.54) is 36.0 Å². The molecule has 2 aromatic carbocycles. The van der Waals surface area contributed by atoms with Crippen molar-refractivity contribution in [1.82, 2.24) is 9.55 Å². The number of halogens is 1. The van der Waals surface area contributed by atoms with E-state index in [-0.39, 0.29) is 10.8 Å². The largest absolute Gasteiger partial charge is 0.325 e. The summed E-state index contributed by atoms with van der Waals surface area (Å²) in [6.45, 7) is 3.69. The van der Waals surface area contributed by atoms with Crippen molar-refractivity contribution in [2.24, 2.45) is 5.14 Å². The standard InChI is InChI=1S/C19H19ClN4O3S2/c1-12-16(20)4-3-5-17(12)24-11-10-22-19(24)28-13(2)18(25)23-14-6-8-15(9-7-14)29(21,26)27/h3-11,13H,1-2H3,(H,23,25)(H2,21,26,27). The number of nitrogens with two attached hydrogens (primary N) is 1. The Kier molecular flexibility index (Phi) is 6.33. The van der Waals surface area contributed by atoms with Gasteiger partial charge in [-0.05, 0) is 55.8 Å². The first-order chi connectivity index (χ1) is 13.7. The fourth-order valence-electron chi connectivity index (χ4n) is 2.60. The molecule has 3 N–H and O–H groups in total. The van der Waals surface area contributed by atoms with Crippen LogP contribution in [0.3, 0.4) is 0 Å². The topological polar surface area (TPSA) is 107 Å². The molecule has 1 amide bonds. The maximum absolute atomic E-state index is 12.6. The zero-order chi connectivity index (χ0) is 21.2. The monoisotopic (exact) mass is 450 g/mol. The summed E-state index contributed by atoms with van der Waals surface area (Å²) in [5.41, 5.74) is 2.29. The third kappa shape index (κ3) is 4.99. The van der Waals surface area contributed by atoms with Gasteiger partial charge in [-0.15, -0.1) is 0 Å². The number of benzene rings is 2. The molecule has 29 heavy (non-hydrogen) atoms. The zero-order valence-corrected chi connectivity index (χ0v) is 18.1. The average Bonchev–Trinajstić information content (AvgIpc) is 3.11. The van der Waals surface area contributed by atoms with Crippen LogP contribution in [0.15, 0.2) is 64.9 Å². The van der Waals surface area contributed by atoms with Gasteiger partial charge in [0.25, 0.3) is 0 Å². The summed E-state index contributed by atoms with van der Waals surface area (Å²) < 4.78 is 24.5. The molecule has 1 heterocycles. The molecule has 0 saturated carbocycles. The van der Waals surface area contributed by atoms with Gasteiger partial charge in [0, 0.05) is 23.1 Å². The molecule has 0 spiro atoms. The number of aromatic nitrogens is 2. The van der Waals surface area contributed by atoms with Crippen molar-refractivity contribution in [3.63, 3.8) is 0 Å². The molecular formula is C19H19ClN4O3S2. The van der Waals surface area contributed by atoms with E-state index >= 15 is 0 Å². The smallest absolute Gasteiger partial charge is 0.238 e. The van der Waals surface area contributed by atoms with Gasteiger partial charge in [0.15, 0.2) is 5.16 Å². The van der Waals surface area contributed by atoms with E-state index in [0.717, 1.165) is 11.3 Å². The van der Waals surface area contributed by atoms with E-state index in [9.17, 15) is 13.2 Å². The highest BCUT2D eigenvalue weighted by atomic mass is 35.5. The van der Waals surface area contributed by atoms with Crippen molar-refractivity contribution in [1.29, 1.82) is 0 Å². The molecule has 1 aromatic heterocycles. The molecule has 3 rings (SSSR count).